The summed E-state index contributed by atoms with van der Waals surface area (Å²) in [5, 5.41) is 5.16. The van der Waals surface area contributed by atoms with Crippen LogP contribution in [-0.4, -0.2) is 42.9 Å². The van der Waals surface area contributed by atoms with E-state index in [4.69, 9.17) is 17.2 Å². The molecule has 240 valence electrons. The molecule has 3 aromatic carbocycles. The van der Waals surface area contributed by atoms with Crippen molar-refractivity contribution in [2.75, 3.05) is 10.7 Å². The minimum absolute atomic E-state index is 0.0249. The van der Waals surface area contributed by atoms with Crippen molar-refractivity contribution in [1.82, 2.24) is 14.8 Å². The molecule has 0 saturated carbocycles. The van der Waals surface area contributed by atoms with Gasteiger partial charge >= 0.3 is 6.36 Å². The molecule has 1 aliphatic rings. The first-order valence-corrected chi connectivity index (χ1v) is 16.4. The van der Waals surface area contributed by atoms with Gasteiger partial charge in [0.2, 0.25) is 5.91 Å². The number of carbonyl (C=O) groups excluding carboxylic acids is 1. The number of hydrogen-bond donors (Lipinski definition) is 0. The van der Waals surface area contributed by atoms with Gasteiger partial charge in [0, 0.05) is 12.0 Å². The Kier molecular flexibility index (Phi) is 10.6. The third-order valence-corrected chi connectivity index (χ3v) is 8.62. The summed E-state index contributed by atoms with van der Waals surface area (Å²) < 4.78 is 42.8. The molecule has 4 aromatic rings. The van der Waals surface area contributed by atoms with Gasteiger partial charge in [0.1, 0.15) is 17.1 Å². The van der Waals surface area contributed by atoms with Crippen LogP contribution < -0.4 is 9.64 Å². The van der Waals surface area contributed by atoms with Crippen LogP contribution in [0.4, 0.5) is 18.9 Å². The van der Waals surface area contributed by atoms with E-state index in [1.165, 1.54) is 47.0 Å². The van der Waals surface area contributed by atoms with Crippen molar-refractivity contribution >= 4 is 45.7 Å². The van der Waals surface area contributed by atoms with Gasteiger partial charge in [-0.15, -0.1) is 18.3 Å². The predicted molar refractivity (Wildman–Crippen MR) is 181 cm³/mol. The van der Waals surface area contributed by atoms with E-state index in [0.717, 1.165) is 53.6 Å². The summed E-state index contributed by atoms with van der Waals surface area (Å²) in [6, 6.07) is 19.7. The van der Waals surface area contributed by atoms with Crippen molar-refractivity contribution in [2.45, 2.75) is 65.2 Å². The highest BCUT2D eigenvalue weighted by Crippen LogP contribution is 2.34. The molecule has 0 unspecified atom stereocenters. The zero-order valence-corrected chi connectivity index (χ0v) is 27.4. The molecule has 1 aliphatic heterocycles. The molecule has 0 spiro atoms. The number of hydrogen-bond acceptors (Lipinski definition) is 6. The van der Waals surface area contributed by atoms with E-state index in [1.807, 2.05) is 25.1 Å². The molecule has 1 fully saturated rings. The number of nitrogens with zero attached hydrogens (tertiary/aromatic N) is 5. The van der Waals surface area contributed by atoms with Gasteiger partial charge in [0.15, 0.2) is 11.0 Å². The van der Waals surface area contributed by atoms with Crippen molar-refractivity contribution in [3.63, 3.8) is 0 Å². The van der Waals surface area contributed by atoms with Gasteiger partial charge in [-0.05, 0) is 85.2 Å². The Labute approximate surface area is 275 Å². The molecule has 1 amide bonds. The molecule has 46 heavy (non-hydrogen) atoms. The monoisotopic (exact) mass is 665 g/mol. The Bertz CT molecular complexity index is 1740. The number of thiocarbonyl (C=S) groups is 1. The fourth-order valence-corrected chi connectivity index (χ4v) is 6.32. The Balaban J connectivity index is 1.13. The second kappa shape index (κ2) is 14.6. The van der Waals surface area contributed by atoms with Gasteiger partial charge in [-0.2, -0.15) is 0 Å². The van der Waals surface area contributed by atoms with Gasteiger partial charge < -0.3 is 4.74 Å². The lowest BCUT2D eigenvalue weighted by Crippen LogP contribution is -2.31. The number of alkyl halides is 3. The van der Waals surface area contributed by atoms with Crippen LogP contribution in [-0.2, 0) is 11.2 Å². The van der Waals surface area contributed by atoms with Crippen LogP contribution in [0.2, 0.25) is 0 Å². The van der Waals surface area contributed by atoms with Crippen LogP contribution in [0.5, 0.6) is 5.75 Å². The molecule has 2 heterocycles. The largest absolute Gasteiger partial charge is 0.573 e. The summed E-state index contributed by atoms with van der Waals surface area (Å²) in [5.41, 5.74) is 5.67. The number of aromatic nitrogens is 3. The van der Waals surface area contributed by atoms with Crippen LogP contribution in [0.3, 0.4) is 0 Å². The zero-order chi connectivity index (χ0) is 32.8. The quantitative estimate of drug-likeness (QED) is 0.118. The fourth-order valence-electron chi connectivity index (χ4n) is 5.15. The number of unbranched alkanes of at least 4 members (excludes halogenated alkanes) is 2. The van der Waals surface area contributed by atoms with Crippen LogP contribution in [0.1, 0.15) is 62.1 Å². The molecule has 1 saturated heterocycles. The molecular formula is C34H34F3N5O2S2. The number of aliphatic imine (C=N–C) groups is 1. The molecular weight excluding hydrogens is 632 g/mol. The Hall–Kier alpha value is -4.03. The summed E-state index contributed by atoms with van der Waals surface area (Å²) in [5.74, 6) is 0.874. The minimum atomic E-state index is -4.74. The summed E-state index contributed by atoms with van der Waals surface area (Å²) in [6.07, 6.45) is 1.18. The summed E-state index contributed by atoms with van der Waals surface area (Å²) >= 11 is 7.05. The maximum atomic E-state index is 12.9. The highest BCUT2D eigenvalue weighted by Gasteiger charge is 2.32. The first kappa shape index (κ1) is 33.3. The van der Waals surface area contributed by atoms with E-state index in [-0.39, 0.29) is 17.6 Å². The minimum Gasteiger partial charge on any atom is -0.406 e. The number of halogens is 3. The summed E-state index contributed by atoms with van der Waals surface area (Å²) in [4.78, 5) is 24.3. The van der Waals surface area contributed by atoms with Crippen LogP contribution in [0, 0.1) is 6.92 Å². The average Bonchev–Trinajstić information content (AvgIpc) is 3.63. The highest BCUT2D eigenvalue weighted by molar-refractivity contribution is 8.15. The average molecular weight is 666 g/mol. The number of thioether (sulfide) groups is 1. The lowest BCUT2D eigenvalue weighted by molar-refractivity contribution is -0.274. The maximum absolute atomic E-state index is 12.9. The van der Waals surface area contributed by atoms with Crippen molar-refractivity contribution in [2.24, 2.45) is 4.99 Å². The van der Waals surface area contributed by atoms with Gasteiger partial charge in [-0.1, -0.05) is 74.6 Å². The zero-order valence-electron chi connectivity index (χ0n) is 25.8. The van der Waals surface area contributed by atoms with Crippen molar-refractivity contribution in [3.05, 3.63) is 89.7 Å². The number of aryl methyl sites for hydroxylation is 2. The number of ether oxygens (including phenoxy) is 1. The predicted octanol–water partition coefficient (Wildman–Crippen LogP) is 8.83. The van der Waals surface area contributed by atoms with E-state index >= 15 is 0 Å². The van der Waals surface area contributed by atoms with Crippen molar-refractivity contribution in [1.29, 1.82) is 0 Å². The standard InChI is InChI=1S/C34H34F3N5O2S2/c1-22(2)28-17-12-23(3)18-29(28)42-31(43)20-46-33(42)39-30(45)11-6-4-5-8-24-9-7-10-25(19-24)32-38-21-41(40-32)26-13-15-27(16-14-26)44-34(35,36)37/h7,9-10,12-19,21-22H,4-6,8,11,20H2,1-3H3. The number of benzene rings is 3. The van der Waals surface area contributed by atoms with E-state index in [1.54, 1.807) is 4.90 Å². The maximum Gasteiger partial charge on any atom is 0.573 e. The molecule has 0 bridgehead atoms. The third kappa shape index (κ3) is 8.61. The van der Waals surface area contributed by atoms with Crippen LogP contribution in [0.25, 0.3) is 17.1 Å². The van der Waals surface area contributed by atoms with Crippen LogP contribution in [0.15, 0.2) is 78.0 Å². The molecule has 7 nitrogen and oxygen atoms in total. The first-order chi connectivity index (χ1) is 22.0. The summed E-state index contributed by atoms with van der Waals surface area (Å²) in [7, 11) is 0. The third-order valence-electron chi connectivity index (χ3n) is 7.40. The smallest absolute Gasteiger partial charge is 0.406 e. The second-order valence-corrected chi connectivity index (χ2v) is 12.8. The van der Waals surface area contributed by atoms with Gasteiger partial charge in [0.05, 0.1) is 17.1 Å². The Morgan fingerprint density at radius 1 is 1.07 bits per heavy atom. The second-order valence-electron chi connectivity index (χ2n) is 11.3. The molecule has 0 radical (unpaired) electrons. The topological polar surface area (TPSA) is 72.6 Å². The SMILES string of the molecule is Cc1ccc(C(C)C)c(N2C(=O)CSC2=NC(=S)CCCCCc2cccc(-c3ncn(-c4ccc(OC(F)(F)F)cc4)n3)c2)c1. The normalized spacial score (nSPS) is 14.5. The number of anilines is 1. The van der Waals surface area contributed by atoms with E-state index < -0.39 is 6.36 Å². The van der Waals surface area contributed by atoms with Gasteiger partial charge in [0.25, 0.3) is 0 Å². The summed E-state index contributed by atoms with van der Waals surface area (Å²) in [6.45, 7) is 6.27. The molecule has 1 aromatic heterocycles. The highest BCUT2D eigenvalue weighted by atomic mass is 32.2. The van der Waals surface area contributed by atoms with E-state index in [9.17, 15) is 18.0 Å². The van der Waals surface area contributed by atoms with E-state index in [2.05, 4.69) is 52.9 Å². The van der Waals surface area contributed by atoms with Crippen LogP contribution >= 0.6 is 24.0 Å². The molecule has 0 aliphatic carbocycles. The first-order valence-electron chi connectivity index (χ1n) is 15.0. The Morgan fingerprint density at radius 2 is 1.85 bits per heavy atom. The molecule has 0 atom stereocenters. The van der Waals surface area contributed by atoms with Crippen molar-refractivity contribution < 1.29 is 22.7 Å². The lowest BCUT2D eigenvalue weighted by Gasteiger charge is -2.22. The number of rotatable bonds is 11. The lowest BCUT2D eigenvalue weighted by atomic mass is 9.99. The number of amidine groups is 1. The van der Waals surface area contributed by atoms with E-state index in [0.29, 0.717) is 33.8 Å². The fraction of sp³-hybridized carbons (Fsp3) is 0.324. The van der Waals surface area contributed by atoms with Crippen molar-refractivity contribution in [3.8, 4) is 22.8 Å². The number of amides is 1. The molecule has 5 rings (SSSR count). The Morgan fingerprint density at radius 3 is 2.59 bits per heavy atom. The number of carbonyl (C=O) groups is 1. The molecule has 0 N–H and O–H groups in total. The van der Waals surface area contributed by atoms with Gasteiger partial charge in [-0.25, -0.2) is 14.7 Å². The van der Waals surface area contributed by atoms with Gasteiger partial charge in [-0.3, -0.25) is 9.69 Å². The molecule has 12 heteroatoms.